The zero-order valence-corrected chi connectivity index (χ0v) is 23.4. The molecule has 1 aliphatic heterocycles. The summed E-state index contributed by atoms with van der Waals surface area (Å²) in [6.07, 6.45) is 1.46. The number of rotatable bonds is 6. The van der Waals surface area contributed by atoms with Crippen LogP contribution in [0.25, 0.3) is 6.08 Å². The highest BCUT2D eigenvalue weighted by molar-refractivity contribution is 14.1. The zero-order valence-electron chi connectivity index (χ0n) is 21.3. The van der Waals surface area contributed by atoms with Crippen LogP contribution in [0, 0.1) is 31.3 Å². The lowest BCUT2D eigenvalue weighted by Crippen LogP contribution is -2.54. The van der Waals surface area contributed by atoms with Crippen LogP contribution >= 0.6 is 22.6 Å². The summed E-state index contributed by atoms with van der Waals surface area (Å²) in [7, 11) is 1.53. The van der Waals surface area contributed by atoms with Gasteiger partial charge >= 0.3 is 6.03 Å². The summed E-state index contributed by atoms with van der Waals surface area (Å²) in [6, 6.07) is 14.4. The van der Waals surface area contributed by atoms with Crippen molar-refractivity contribution in [2.24, 2.45) is 0 Å². The molecule has 1 saturated heterocycles. The third kappa shape index (κ3) is 5.69. The fraction of sp³-hybridized carbons (Fsp3) is 0.207. The van der Waals surface area contributed by atoms with Gasteiger partial charge in [-0.05, 0) is 91.3 Å². The van der Waals surface area contributed by atoms with E-state index in [1.807, 2.05) is 39.8 Å². The summed E-state index contributed by atoms with van der Waals surface area (Å²) in [4.78, 5) is 39.6. The molecule has 1 fully saturated rings. The summed E-state index contributed by atoms with van der Waals surface area (Å²) in [6.45, 7) is 8.19. The first kappa shape index (κ1) is 26.4. The molecule has 3 aromatic carbocycles. The molecule has 0 aromatic heterocycles. The van der Waals surface area contributed by atoms with Crippen molar-refractivity contribution < 1.29 is 23.9 Å². The van der Waals surface area contributed by atoms with Crippen molar-refractivity contribution in [3.05, 3.63) is 91.1 Å². The monoisotopic (exact) mass is 610 g/mol. The van der Waals surface area contributed by atoms with Gasteiger partial charge < -0.3 is 9.47 Å². The minimum atomic E-state index is -0.776. The van der Waals surface area contributed by atoms with Gasteiger partial charge in [0.2, 0.25) is 0 Å². The molecule has 7 nitrogen and oxygen atoms in total. The molecule has 4 rings (SSSR count). The molecule has 0 bridgehead atoms. The summed E-state index contributed by atoms with van der Waals surface area (Å²) < 4.78 is 12.4. The quantitative estimate of drug-likeness (QED) is 0.218. The average molecular weight is 610 g/mol. The molecule has 190 valence electrons. The number of hydrogen-bond donors (Lipinski definition) is 1. The molecular formula is C29H27IN2O5. The number of ether oxygens (including phenoxy) is 2. The molecule has 0 unspecified atom stereocenters. The molecule has 8 heteroatoms. The van der Waals surface area contributed by atoms with Crippen molar-refractivity contribution >= 4 is 52.2 Å². The summed E-state index contributed by atoms with van der Waals surface area (Å²) in [5, 5.41) is 2.27. The minimum absolute atomic E-state index is 0.152. The second-order valence-corrected chi connectivity index (χ2v) is 10.2. The smallest absolute Gasteiger partial charge is 0.335 e. The number of halogens is 1. The molecule has 1 N–H and O–H groups in total. The van der Waals surface area contributed by atoms with Crippen LogP contribution in [0.15, 0.2) is 54.1 Å². The Hall–Kier alpha value is -3.66. The van der Waals surface area contributed by atoms with Crippen molar-refractivity contribution in [1.82, 2.24) is 5.32 Å². The standard InChI is InChI=1S/C29H27IN2O5/c1-16-6-7-24(19(4)9-16)32-28(34)22(27(33)31-29(32)35)12-20-13-23(30)26(25(14-20)36-5)37-15-21-10-17(2)8-18(3)11-21/h6-14H,15H2,1-5H3,(H,31,33,35)/b22-12+. The molecule has 0 aliphatic carbocycles. The number of carbonyl (C=O) groups is 3. The van der Waals surface area contributed by atoms with Gasteiger partial charge in [0.1, 0.15) is 12.2 Å². The third-order valence-corrected chi connectivity index (χ3v) is 6.72. The van der Waals surface area contributed by atoms with E-state index >= 15 is 0 Å². The predicted octanol–water partition coefficient (Wildman–Crippen LogP) is 5.78. The van der Waals surface area contributed by atoms with Gasteiger partial charge in [0, 0.05) is 0 Å². The van der Waals surface area contributed by atoms with E-state index in [-0.39, 0.29) is 5.57 Å². The van der Waals surface area contributed by atoms with Crippen molar-refractivity contribution in [3.8, 4) is 11.5 Å². The number of methoxy groups -OCH3 is 1. The summed E-state index contributed by atoms with van der Waals surface area (Å²) in [5.41, 5.74) is 5.95. The van der Waals surface area contributed by atoms with E-state index in [9.17, 15) is 14.4 Å². The van der Waals surface area contributed by atoms with Gasteiger partial charge in [-0.1, -0.05) is 47.0 Å². The first-order valence-electron chi connectivity index (χ1n) is 11.6. The molecule has 4 amide bonds. The maximum atomic E-state index is 13.3. The Bertz CT molecular complexity index is 1440. The van der Waals surface area contributed by atoms with Gasteiger partial charge in [0.15, 0.2) is 11.5 Å². The molecule has 37 heavy (non-hydrogen) atoms. The number of anilines is 1. The van der Waals surface area contributed by atoms with Gasteiger partial charge in [-0.25, -0.2) is 9.69 Å². The number of hydrogen-bond acceptors (Lipinski definition) is 5. The Kier molecular flexibility index (Phi) is 7.68. The highest BCUT2D eigenvalue weighted by Crippen LogP contribution is 2.36. The molecule has 1 aliphatic rings. The fourth-order valence-corrected chi connectivity index (χ4v) is 5.15. The summed E-state index contributed by atoms with van der Waals surface area (Å²) in [5.74, 6) is -0.407. The maximum Gasteiger partial charge on any atom is 0.335 e. The Morgan fingerprint density at radius 2 is 1.62 bits per heavy atom. The normalized spacial score (nSPS) is 14.7. The number of barbiturate groups is 1. The number of benzene rings is 3. The van der Waals surface area contributed by atoms with E-state index in [0.717, 1.165) is 36.3 Å². The first-order chi connectivity index (χ1) is 17.6. The van der Waals surface area contributed by atoms with E-state index in [4.69, 9.17) is 9.47 Å². The number of nitrogens with zero attached hydrogens (tertiary/aromatic N) is 1. The van der Waals surface area contributed by atoms with Gasteiger partial charge in [0.05, 0.1) is 16.4 Å². The van der Waals surface area contributed by atoms with Crippen molar-refractivity contribution in [3.63, 3.8) is 0 Å². The molecule has 0 atom stereocenters. The number of imide groups is 2. The van der Waals surface area contributed by atoms with Crippen LogP contribution in [0.2, 0.25) is 0 Å². The topological polar surface area (TPSA) is 84.9 Å². The first-order valence-corrected chi connectivity index (χ1v) is 12.7. The van der Waals surface area contributed by atoms with Crippen LogP contribution in [0.3, 0.4) is 0 Å². The van der Waals surface area contributed by atoms with Crippen LogP contribution < -0.4 is 19.7 Å². The number of urea groups is 1. The SMILES string of the molecule is COc1cc(/C=C2\C(=O)NC(=O)N(c3ccc(C)cc3C)C2=O)cc(I)c1OCc1cc(C)cc(C)c1. The van der Waals surface area contributed by atoms with Crippen molar-refractivity contribution in [2.45, 2.75) is 34.3 Å². The van der Waals surface area contributed by atoms with Crippen LogP contribution in [0.4, 0.5) is 10.5 Å². The van der Waals surface area contributed by atoms with E-state index in [1.54, 1.807) is 18.2 Å². The minimum Gasteiger partial charge on any atom is -0.493 e. The zero-order chi connectivity index (χ0) is 26.9. The van der Waals surface area contributed by atoms with Crippen LogP contribution in [0.5, 0.6) is 11.5 Å². The molecule has 0 radical (unpaired) electrons. The van der Waals surface area contributed by atoms with Crippen molar-refractivity contribution in [2.75, 3.05) is 12.0 Å². The van der Waals surface area contributed by atoms with Gasteiger partial charge in [-0.2, -0.15) is 0 Å². The number of aryl methyl sites for hydroxylation is 4. The molecule has 1 heterocycles. The maximum absolute atomic E-state index is 13.3. The third-order valence-electron chi connectivity index (χ3n) is 5.92. The lowest BCUT2D eigenvalue weighted by atomic mass is 10.0. The lowest BCUT2D eigenvalue weighted by Gasteiger charge is -2.27. The van der Waals surface area contributed by atoms with Crippen LogP contribution in [-0.2, 0) is 16.2 Å². The van der Waals surface area contributed by atoms with Crippen molar-refractivity contribution in [1.29, 1.82) is 0 Å². The van der Waals surface area contributed by atoms with Crippen LogP contribution in [-0.4, -0.2) is 25.0 Å². The largest absolute Gasteiger partial charge is 0.493 e. The highest BCUT2D eigenvalue weighted by Gasteiger charge is 2.37. The molecule has 0 spiro atoms. The molecule has 0 saturated carbocycles. The second-order valence-electron chi connectivity index (χ2n) is 9.07. The number of nitrogens with one attached hydrogen (secondary N) is 1. The Balaban J connectivity index is 1.65. The molecular weight excluding hydrogens is 583 g/mol. The predicted molar refractivity (Wildman–Crippen MR) is 151 cm³/mol. The Labute approximate surface area is 229 Å². The number of carbonyl (C=O) groups excluding carboxylic acids is 3. The lowest BCUT2D eigenvalue weighted by molar-refractivity contribution is -0.122. The fourth-order valence-electron chi connectivity index (χ4n) is 4.37. The Morgan fingerprint density at radius 1 is 0.919 bits per heavy atom. The van der Waals surface area contributed by atoms with Gasteiger partial charge in [-0.15, -0.1) is 0 Å². The van der Waals surface area contributed by atoms with E-state index < -0.39 is 17.8 Å². The van der Waals surface area contributed by atoms with Gasteiger partial charge in [0.25, 0.3) is 11.8 Å². The molecule has 3 aromatic rings. The van der Waals surface area contributed by atoms with Crippen LogP contribution in [0.1, 0.15) is 33.4 Å². The van der Waals surface area contributed by atoms with E-state index in [2.05, 4.69) is 46.1 Å². The summed E-state index contributed by atoms with van der Waals surface area (Å²) >= 11 is 2.14. The van der Waals surface area contributed by atoms with E-state index in [0.29, 0.717) is 29.4 Å². The Morgan fingerprint density at radius 3 is 2.27 bits per heavy atom. The van der Waals surface area contributed by atoms with Gasteiger partial charge in [-0.3, -0.25) is 14.9 Å². The average Bonchev–Trinajstić information content (AvgIpc) is 2.81. The highest BCUT2D eigenvalue weighted by atomic mass is 127. The second kappa shape index (κ2) is 10.8. The van der Waals surface area contributed by atoms with E-state index in [1.165, 1.54) is 13.2 Å². The number of amides is 4.